The highest BCUT2D eigenvalue weighted by Crippen LogP contribution is 2.26. The zero-order valence-corrected chi connectivity index (χ0v) is 9.58. The Bertz CT molecular complexity index is 454. The van der Waals surface area contributed by atoms with Crippen molar-refractivity contribution < 1.29 is 0 Å². The zero-order chi connectivity index (χ0) is 10.7. The Kier molecular flexibility index (Phi) is 3.02. The largest absolute Gasteiger partial charge is 0.245 e. The van der Waals surface area contributed by atoms with Gasteiger partial charge in [0.25, 0.3) is 0 Å². The van der Waals surface area contributed by atoms with E-state index in [1.807, 2.05) is 6.07 Å². The summed E-state index contributed by atoms with van der Waals surface area (Å²) in [6.45, 7) is 4.24. The van der Waals surface area contributed by atoms with Crippen LogP contribution in [-0.4, -0.2) is 9.97 Å². The molecule has 0 aliphatic heterocycles. The van der Waals surface area contributed by atoms with E-state index in [1.165, 1.54) is 16.0 Å². The minimum absolute atomic E-state index is 0.980. The quantitative estimate of drug-likeness (QED) is 0.721. The fraction of sp³-hybridized carbons (Fsp3) is 0.167. The van der Waals surface area contributed by atoms with Crippen molar-refractivity contribution in [3.63, 3.8) is 0 Å². The van der Waals surface area contributed by atoms with Gasteiger partial charge < -0.3 is 0 Å². The molecule has 3 heteroatoms. The van der Waals surface area contributed by atoms with E-state index in [2.05, 4.69) is 42.0 Å². The van der Waals surface area contributed by atoms with Crippen molar-refractivity contribution in [2.45, 2.75) is 23.8 Å². The topological polar surface area (TPSA) is 25.8 Å². The number of aromatic nitrogens is 2. The molecule has 0 unspecified atom stereocenters. The molecule has 0 N–H and O–H groups in total. The van der Waals surface area contributed by atoms with Gasteiger partial charge in [-0.3, -0.25) is 0 Å². The Labute approximate surface area is 93.8 Å². The summed E-state index contributed by atoms with van der Waals surface area (Å²) in [5, 5.41) is 0.980. The molecule has 2 aromatic rings. The van der Waals surface area contributed by atoms with E-state index in [1.54, 1.807) is 24.3 Å². The number of rotatable bonds is 2. The zero-order valence-electron chi connectivity index (χ0n) is 8.77. The fourth-order valence-corrected chi connectivity index (χ4v) is 2.08. The molecule has 0 aliphatic rings. The predicted molar refractivity (Wildman–Crippen MR) is 62.1 cm³/mol. The van der Waals surface area contributed by atoms with Gasteiger partial charge in [-0.05, 0) is 43.2 Å². The Morgan fingerprint density at radius 1 is 1.07 bits per heavy atom. The van der Waals surface area contributed by atoms with Gasteiger partial charge in [0.2, 0.25) is 0 Å². The van der Waals surface area contributed by atoms with E-state index >= 15 is 0 Å². The van der Waals surface area contributed by atoms with Gasteiger partial charge in [-0.25, -0.2) is 9.97 Å². The summed E-state index contributed by atoms with van der Waals surface area (Å²) in [4.78, 5) is 9.29. The Morgan fingerprint density at radius 3 is 2.60 bits per heavy atom. The van der Waals surface area contributed by atoms with Crippen molar-refractivity contribution in [1.82, 2.24) is 9.97 Å². The molecule has 15 heavy (non-hydrogen) atoms. The summed E-state index contributed by atoms with van der Waals surface area (Å²) in [7, 11) is 0. The highest BCUT2D eigenvalue weighted by atomic mass is 32.2. The summed E-state index contributed by atoms with van der Waals surface area (Å²) < 4.78 is 0. The van der Waals surface area contributed by atoms with Crippen LogP contribution in [0.25, 0.3) is 0 Å². The Hall–Kier alpha value is -1.35. The average molecular weight is 216 g/mol. The van der Waals surface area contributed by atoms with E-state index in [4.69, 9.17) is 0 Å². The van der Waals surface area contributed by atoms with E-state index in [0.717, 1.165) is 5.03 Å². The van der Waals surface area contributed by atoms with Gasteiger partial charge >= 0.3 is 0 Å². The van der Waals surface area contributed by atoms with E-state index in [9.17, 15) is 0 Å². The summed E-state index contributed by atoms with van der Waals surface area (Å²) >= 11 is 1.66. The fourth-order valence-electron chi connectivity index (χ4n) is 1.24. The summed E-state index contributed by atoms with van der Waals surface area (Å²) in [6.07, 6.45) is 3.33. The molecule has 0 amide bonds. The lowest BCUT2D eigenvalue weighted by Crippen LogP contribution is -1.83. The minimum atomic E-state index is 0.980. The van der Waals surface area contributed by atoms with Crippen LogP contribution >= 0.6 is 11.8 Å². The molecule has 1 aromatic heterocycles. The molecule has 2 nitrogen and oxygen atoms in total. The SMILES string of the molecule is Cc1ccc(Sc2ccncn2)cc1C. The molecule has 0 fully saturated rings. The third-order valence-corrected chi connectivity index (χ3v) is 3.20. The third-order valence-electron chi connectivity index (χ3n) is 2.26. The second-order valence-electron chi connectivity index (χ2n) is 3.40. The van der Waals surface area contributed by atoms with Crippen molar-refractivity contribution in [3.05, 3.63) is 47.9 Å². The molecule has 0 radical (unpaired) electrons. The summed E-state index contributed by atoms with van der Waals surface area (Å²) in [5.74, 6) is 0. The van der Waals surface area contributed by atoms with Gasteiger partial charge in [-0.15, -0.1) is 0 Å². The van der Waals surface area contributed by atoms with Crippen molar-refractivity contribution in [3.8, 4) is 0 Å². The maximum absolute atomic E-state index is 4.18. The summed E-state index contributed by atoms with van der Waals surface area (Å²) in [5.41, 5.74) is 2.64. The van der Waals surface area contributed by atoms with E-state index in [0.29, 0.717) is 0 Å². The molecule has 0 saturated heterocycles. The van der Waals surface area contributed by atoms with Crippen LogP contribution in [0.15, 0.2) is 46.7 Å². The minimum Gasteiger partial charge on any atom is -0.245 e. The number of aryl methyl sites for hydroxylation is 2. The lowest BCUT2D eigenvalue weighted by atomic mass is 10.1. The van der Waals surface area contributed by atoms with Crippen molar-refractivity contribution in [1.29, 1.82) is 0 Å². The van der Waals surface area contributed by atoms with Gasteiger partial charge in [-0.1, -0.05) is 17.8 Å². The standard InChI is InChI=1S/C12H12N2S/c1-9-3-4-11(7-10(9)2)15-12-5-6-13-8-14-12/h3-8H,1-2H3. The third kappa shape index (κ3) is 2.57. The highest BCUT2D eigenvalue weighted by Gasteiger charge is 1.99. The lowest BCUT2D eigenvalue weighted by molar-refractivity contribution is 1.05. The molecule has 1 heterocycles. The number of hydrogen-bond donors (Lipinski definition) is 0. The molecule has 0 aliphatic carbocycles. The number of nitrogens with zero attached hydrogens (tertiary/aromatic N) is 2. The van der Waals surface area contributed by atoms with E-state index < -0.39 is 0 Å². The van der Waals surface area contributed by atoms with Crippen LogP contribution in [0, 0.1) is 13.8 Å². The van der Waals surface area contributed by atoms with Crippen LogP contribution < -0.4 is 0 Å². The lowest BCUT2D eigenvalue weighted by Gasteiger charge is -2.03. The molecule has 0 saturated carbocycles. The Balaban J connectivity index is 2.22. The number of benzene rings is 1. The smallest absolute Gasteiger partial charge is 0.116 e. The van der Waals surface area contributed by atoms with Crippen LogP contribution in [0.3, 0.4) is 0 Å². The van der Waals surface area contributed by atoms with Gasteiger partial charge in [0.1, 0.15) is 11.4 Å². The molecule has 0 bridgehead atoms. The van der Waals surface area contributed by atoms with Gasteiger partial charge in [0, 0.05) is 11.1 Å². The molecule has 0 spiro atoms. The number of hydrogen-bond acceptors (Lipinski definition) is 3. The van der Waals surface area contributed by atoms with Crippen LogP contribution in [-0.2, 0) is 0 Å². The first-order chi connectivity index (χ1) is 7.25. The normalized spacial score (nSPS) is 10.3. The van der Waals surface area contributed by atoms with Gasteiger partial charge in [0.05, 0.1) is 0 Å². The van der Waals surface area contributed by atoms with Crippen LogP contribution in [0.5, 0.6) is 0 Å². The maximum atomic E-state index is 4.18. The first-order valence-electron chi connectivity index (χ1n) is 4.77. The molecule has 0 atom stereocenters. The molecular weight excluding hydrogens is 204 g/mol. The summed E-state index contributed by atoms with van der Waals surface area (Å²) in [6, 6.07) is 8.36. The predicted octanol–water partition coefficient (Wildman–Crippen LogP) is 3.24. The first kappa shape index (κ1) is 10.2. The second-order valence-corrected chi connectivity index (χ2v) is 4.49. The van der Waals surface area contributed by atoms with E-state index in [-0.39, 0.29) is 0 Å². The highest BCUT2D eigenvalue weighted by molar-refractivity contribution is 7.99. The van der Waals surface area contributed by atoms with Crippen LogP contribution in [0.1, 0.15) is 11.1 Å². The van der Waals surface area contributed by atoms with Crippen molar-refractivity contribution in [2.24, 2.45) is 0 Å². The molecule has 2 rings (SSSR count). The average Bonchev–Trinajstić information content (AvgIpc) is 2.25. The second kappa shape index (κ2) is 4.45. The van der Waals surface area contributed by atoms with Gasteiger partial charge in [-0.2, -0.15) is 0 Å². The Morgan fingerprint density at radius 2 is 1.93 bits per heavy atom. The molecule has 1 aromatic carbocycles. The van der Waals surface area contributed by atoms with Crippen molar-refractivity contribution in [2.75, 3.05) is 0 Å². The van der Waals surface area contributed by atoms with Crippen LogP contribution in [0.2, 0.25) is 0 Å². The van der Waals surface area contributed by atoms with Gasteiger partial charge in [0.15, 0.2) is 0 Å². The molecular formula is C12H12N2S. The molecule has 76 valence electrons. The maximum Gasteiger partial charge on any atom is 0.116 e. The van der Waals surface area contributed by atoms with Crippen molar-refractivity contribution >= 4 is 11.8 Å². The monoisotopic (exact) mass is 216 g/mol. The van der Waals surface area contributed by atoms with Crippen LogP contribution in [0.4, 0.5) is 0 Å². The first-order valence-corrected chi connectivity index (χ1v) is 5.58.